The molecule has 0 radical (unpaired) electrons. The molecule has 2 atom stereocenters. The summed E-state index contributed by atoms with van der Waals surface area (Å²) in [6.07, 6.45) is 6.40. The zero-order chi connectivity index (χ0) is 12.1. The van der Waals surface area contributed by atoms with Crippen LogP contribution in [0.2, 0.25) is 0 Å². The predicted molar refractivity (Wildman–Crippen MR) is 72.2 cm³/mol. The molecule has 0 unspecified atom stereocenters. The number of fused-ring (bicyclic) bond motifs is 1. The highest BCUT2D eigenvalue weighted by Gasteiger charge is 2.58. The average Bonchev–Trinajstić information content (AvgIpc) is 3.22. The Bertz CT molecular complexity index is 441. The van der Waals surface area contributed by atoms with Crippen molar-refractivity contribution in [2.24, 2.45) is 17.8 Å². The van der Waals surface area contributed by atoms with Gasteiger partial charge in [-0.05, 0) is 59.9 Å². The van der Waals surface area contributed by atoms with Gasteiger partial charge in [-0.25, -0.2) is 0 Å². The average molecular weight is 261 g/mol. The van der Waals surface area contributed by atoms with E-state index in [-0.39, 0.29) is 0 Å². The molecule has 0 aromatic carbocycles. The van der Waals surface area contributed by atoms with E-state index in [1.165, 1.54) is 37.7 Å². The highest BCUT2D eigenvalue weighted by atomic mass is 32.1. The second-order valence-corrected chi connectivity index (χ2v) is 6.89. The Morgan fingerprint density at radius 3 is 2.67 bits per heavy atom. The number of thiophene rings is 1. The third-order valence-electron chi connectivity index (χ3n) is 4.90. The van der Waals surface area contributed by atoms with Gasteiger partial charge in [-0.15, -0.1) is 0 Å². The Balaban J connectivity index is 1.47. The summed E-state index contributed by atoms with van der Waals surface area (Å²) < 4.78 is 0. The number of hydrogen-bond acceptors (Lipinski definition) is 2. The van der Waals surface area contributed by atoms with Crippen LogP contribution in [0.15, 0.2) is 16.8 Å². The van der Waals surface area contributed by atoms with Gasteiger partial charge in [0, 0.05) is 18.5 Å². The Hall–Kier alpha value is -0.830. The fourth-order valence-electron chi connectivity index (χ4n) is 3.73. The van der Waals surface area contributed by atoms with E-state index in [1.807, 2.05) is 0 Å². The lowest BCUT2D eigenvalue weighted by Crippen LogP contribution is -2.34. The van der Waals surface area contributed by atoms with E-state index < -0.39 is 0 Å². The molecule has 0 spiro atoms. The van der Waals surface area contributed by atoms with E-state index in [2.05, 4.69) is 21.7 Å². The Morgan fingerprint density at radius 1 is 1.28 bits per heavy atom. The molecule has 1 aromatic heterocycles. The van der Waals surface area contributed by atoms with Crippen molar-refractivity contribution in [3.05, 3.63) is 22.4 Å². The molecule has 3 aliphatic rings. The maximum atomic E-state index is 12.7. The van der Waals surface area contributed by atoms with Gasteiger partial charge in [0.25, 0.3) is 0 Å². The van der Waals surface area contributed by atoms with E-state index in [0.29, 0.717) is 17.9 Å². The minimum absolute atomic E-state index is 0.401. The maximum Gasteiger partial charge on any atom is 0.226 e. The van der Waals surface area contributed by atoms with Gasteiger partial charge < -0.3 is 4.90 Å². The summed E-state index contributed by atoms with van der Waals surface area (Å²) >= 11 is 1.73. The SMILES string of the molecule is O=C(C1[C@@H]2CCC[C@@H]12)N(Cc1ccsc1)C1CC1. The Labute approximate surface area is 112 Å². The molecule has 0 saturated heterocycles. The van der Waals surface area contributed by atoms with Crippen molar-refractivity contribution < 1.29 is 4.79 Å². The Morgan fingerprint density at radius 2 is 2.06 bits per heavy atom. The molecule has 0 bridgehead atoms. The van der Waals surface area contributed by atoms with Gasteiger partial charge in [0.1, 0.15) is 0 Å². The first kappa shape index (κ1) is 11.0. The molecule has 96 valence electrons. The molecule has 1 aromatic rings. The quantitative estimate of drug-likeness (QED) is 0.814. The van der Waals surface area contributed by atoms with Crippen LogP contribution in [0.1, 0.15) is 37.7 Å². The van der Waals surface area contributed by atoms with Gasteiger partial charge in [-0.3, -0.25) is 4.79 Å². The molecule has 2 nitrogen and oxygen atoms in total. The second kappa shape index (κ2) is 4.09. The van der Waals surface area contributed by atoms with Gasteiger partial charge in [0.2, 0.25) is 5.91 Å². The first-order valence-corrected chi connectivity index (χ1v) is 8.10. The van der Waals surface area contributed by atoms with Crippen molar-refractivity contribution in [1.29, 1.82) is 0 Å². The van der Waals surface area contributed by atoms with Crippen LogP contribution in [0.25, 0.3) is 0 Å². The van der Waals surface area contributed by atoms with E-state index in [1.54, 1.807) is 11.3 Å². The summed E-state index contributed by atoms with van der Waals surface area (Å²) in [7, 11) is 0. The first-order valence-electron chi connectivity index (χ1n) is 7.16. The number of amides is 1. The van der Waals surface area contributed by atoms with Crippen LogP contribution in [-0.4, -0.2) is 16.8 Å². The molecular weight excluding hydrogens is 242 g/mol. The monoisotopic (exact) mass is 261 g/mol. The highest BCUT2D eigenvalue weighted by Crippen LogP contribution is 2.58. The first-order chi connectivity index (χ1) is 8.84. The molecule has 3 aliphatic carbocycles. The minimum atomic E-state index is 0.401. The second-order valence-electron chi connectivity index (χ2n) is 6.11. The normalized spacial score (nSPS) is 33.2. The summed E-state index contributed by atoms with van der Waals surface area (Å²) in [6, 6.07) is 2.71. The molecule has 4 rings (SSSR count). The molecule has 0 aliphatic heterocycles. The lowest BCUT2D eigenvalue weighted by Gasteiger charge is -2.23. The standard InChI is InChI=1S/C15H19NOS/c17-15(14-12-2-1-3-13(12)14)16(11-4-5-11)8-10-6-7-18-9-10/h6-7,9,11-14H,1-5,8H2/t12-,13-/m1/s1. The smallest absolute Gasteiger partial charge is 0.226 e. The van der Waals surface area contributed by atoms with Crippen LogP contribution in [-0.2, 0) is 11.3 Å². The molecule has 18 heavy (non-hydrogen) atoms. The molecule has 3 fully saturated rings. The summed E-state index contributed by atoms with van der Waals surface area (Å²) in [4.78, 5) is 14.8. The Kier molecular flexibility index (Phi) is 2.51. The fraction of sp³-hybridized carbons (Fsp3) is 0.667. The van der Waals surface area contributed by atoms with Gasteiger partial charge in [-0.2, -0.15) is 11.3 Å². The van der Waals surface area contributed by atoms with E-state index in [4.69, 9.17) is 0 Å². The van der Waals surface area contributed by atoms with Crippen LogP contribution in [0, 0.1) is 17.8 Å². The summed E-state index contributed by atoms with van der Waals surface area (Å²) in [5.41, 5.74) is 1.31. The number of hydrogen-bond donors (Lipinski definition) is 0. The van der Waals surface area contributed by atoms with Crippen LogP contribution in [0.3, 0.4) is 0 Å². The summed E-state index contributed by atoms with van der Waals surface area (Å²) in [5.74, 6) is 2.37. The van der Waals surface area contributed by atoms with Crippen molar-refractivity contribution >= 4 is 17.2 Å². The van der Waals surface area contributed by atoms with Crippen molar-refractivity contribution in [2.75, 3.05) is 0 Å². The van der Waals surface area contributed by atoms with Crippen molar-refractivity contribution in [3.63, 3.8) is 0 Å². The minimum Gasteiger partial charge on any atom is -0.335 e. The van der Waals surface area contributed by atoms with Gasteiger partial charge in [-0.1, -0.05) is 6.42 Å². The maximum absolute atomic E-state index is 12.7. The number of carbonyl (C=O) groups excluding carboxylic acids is 1. The van der Waals surface area contributed by atoms with Crippen LogP contribution >= 0.6 is 11.3 Å². The van der Waals surface area contributed by atoms with E-state index in [9.17, 15) is 4.79 Å². The summed E-state index contributed by atoms with van der Waals surface area (Å²) in [5, 5.41) is 4.28. The number of carbonyl (C=O) groups is 1. The van der Waals surface area contributed by atoms with E-state index in [0.717, 1.165) is 18.4 Å². The molecule has 1 heterocycles. The molecule has 0 N–H and O–H groups in total. The zero-order valence-corrected chi connectivity index (χ0v) is 11.4. The highest BCUT2D eigenvalue weighted by molar-refractivity contribution is 7.07. The predicted octanol–water partition coefficient (Wildman–Crippen LogP) is 3.29. The summed E-state index contributed by atoms with van der Waals surface area (Å²) in [6.45, 7) is 0.850. The van der Waals surface area contributed by atoms with Crippen molar-refractivity contribution in [1.82, 2.24) is 4.90 Å². The van der Waals surface area contributed by atoms with Crippen molar-refractivity contribution in [3.8, 4) is 0 Å². The largest absolute Gasteiger partial charge is 0.335 e. The molecule has 1 amide bonds. The van der Waals surface area contributed by atoms with Crippen LogP contribution in [0.5, 0.6) is 0 Å². The third kappa shape index (κ3) is 1.80. The van der Waals surface area contributed by atoms with Gasteiger partial charge >= 0.3 is 0 Å². The molecule has 3 heteroatoms. The topological polar surface area (TPSA) is 20.3 Å². The van der Waals surface area contributed by atoms with Gasteiger partial charge in [0.15, 0.2) is 0 Å². The van der Waals surface area contributed by atoms with Crippen LogP contribution in [0.4, 0.5) is 0 Å². The van der Waals surface area contributed by atoms with E-state index >= 15 is 0 Å². The zero-order valence-electron chi connectivity index (χ0n) is 10.5. The molecule has 3 saturated carbocycles. The lowest BCUT2D eigenvalue weighted by atomic mass is 10.1. The molecular formula is C15H19NOS. The van der Waals surface area contributed by atoms with Gasteiger partial charge in [0.05, 0.1) is 0 Å². The lowest BCUT2D eigenvalue weighted by molar-refractivity contribution is -0.134. The van der Waals surface area contributed by atoms with Crippen LogP contribution < -0.4 is 0 Å². The fourth-order valence-corrected chi connectivity index (χ4v) is 4.39. The number of rotatable bonds is 4. The third-order valence-corrected chi connectivity index (χ3v) is 5.63. The number of nitrogens with zero attached hydrogens (tertiary/aromatic N) is 1. The van der Waals surface area contributed by atoms with Crippen molar-refractivity contribution in [2.45, 2.75) is 44.7 Å².